The number of H-pyrrole nitrogens is 1. The van der Waals surface area contributed by atoms with Gasteiger partial charge in [-0.1, -0.05) is 29.4 Å². The molecule has 0 unspecified atom stereocenters. The summed E-state index contributed by atoms with van der Waals surface area (Å²) in [5, 5.41) is 13.2. The van der Waals surface area contributed by atoms with Gasteiger partial charge in [-0.3, -0.25) is 5.10 Å². The van der Waals surface area contributed by atoms with E-state index in [9.17, 15) is 13.2 Å². The molecule has 4 rings (SSSR count). The van der Waals surface area contributed by atoms with Gasteiger partial charge in [-0.15, -0.1) is 0 Å². The summed E-state index contributed by atoms with van der Waals surface area (Å²) >= 11 is 0. The third-order valence-corrected chi connectivity index (χ3v) is 3.76. The van der Waals surface area contributed by atoms with E-state index in [1.54, 1.807) is 48.8 Å². The molecule has 0 saturated heterocycles. The van der Waals surface area contributed by atoms with Gasteiger partial charge in [0.2, 0.25) is 11.8 Å². The Hall–Kier alpha value is -3.76. The number of benzene rings is 1. The lowest BCUT2D eigenvalue weighted by Crippen LogP contribution is -2.05. The van der Waals surface area contributed by atoms with Crippen LogP contribution in [0, 0.1) is 0 Å². The molecule has 0 aliphatic heterocycles. The molecule has 4 aromatic rings. The van der Waals surface area contributed by atoms with Crippen LogP contribution in [0.3, 0.4) is 0 Å². The van der Waals surface area contributed by atoms with E-state index in [-0.39, 0.29) is 5.82 Å². The Kier molecular flexibility index (Phi) is 4.47. The smallest absolute Gasteiger partial charge is 0.350 e. The Morgan fingerprint density at radius 2 is 1.82 bits per heavy atom. The van der Waals surface area contributed by atoms with Gasteiger partial charge in [0.25, 0.3) is 0 Å². The SMILES string of the molecule is FC(F)(F)c1nc(-c2ccc(CNc3nccc(-c4ccn[nH]4)n3)cc2)no1. The normalized spacial score (nSPS) is 11.5. The van der Waals surface area contributed by atoms with E-state index in [0.717, 1.165) is 11.3 Å². The highest BCUT2D eigenvalue weighted by atomic mass is 19.4. The molecule has 2 N–H and O–H groups in total. The van der Waals surface area contributed by atoms with Crippen LogP contribution in [0.5, 0.6) is 0 Å². The molecule has 0 radical (unpaired) electrons. The average molecular weight is 387 g/mol. The van der Waals surface area contributed by atoms with Gasteiger partial charge >= 0.3 is 12.1 Å². The largest absolute Gasteiger partial charge is 0.471 e. The molecule has 0 atom stereocenters. The van der Waals surface area contributed by atoms with Crippen molar-refractivity contribution in [3.05, 3.63) is 60.2 Å². The van der Waals surface area contributed by atoms with E-state index >= 15 is 0 Å². The highest BCUT2D eigenvalue weighted by molar-refractivity contribution is 5.56. The predicted octanol–water partition coefficient (Wildman–Crippen LogP) is 3.55. The fraction of sp³-hybridized carbons (Fsp3) is 0.118. The maximum absolute atomic E-state index is 12.5. The van der Waals surface area contributed by atoms with E-state index in [1.165, 1.54) is 0 Å². The minimum absolute atomic E-state index is 0.123. The molecule has 8 nitrogen and oxygen atoms in total. The van der Waals surface area contributed by atoms with E-state index in [1.807, 2.05) is 0 Å². The van der Waals surface area contributed by atoms with Crippen LogP contribution in [0.15, 0.2) is 53.3 Å². The molecule has 0 saturated carbocycles. The Bertz CT molecular complexity index is 1060. The molecular formula is C17H12F3N7O. The molecule has 28 heavy (non-hydrogen) atoms. The van der Waals surface area contributed by atoms with E-state index in [4.69, 9.17) is 0 Å². The summed E-state index contributed by atoms with van der Waals surface area (Å²) in [5.41, 5.74) is 2.76. The van der Waals surface area contributed by atoms with Crippen LogP contribution >= 0.6 is 0 Å². The second-order valence-corrected chi connectivity index (χ2v) is 5.71. The zero-order valence-corrected chi connectivity index (χ0v) is 14.1. The first kappa shape index (κ1) is 17.6. The van der Waals surface area contributed by atoms with Gasteiger partial charge in [0.05, 0.1) is 11.4 Å². The van der Waals surface area contributed by atoms with Crippen LogP contribution in [-0.4, -0.2) is 30.3 Å². The molecule has 0 bridgehead atoms. The Morgan fingerprint density at radius 3 is 2.50 bits per heavy atom. The number of hydrogen-bond donors (Lipinski definition) is 2. The van der Waals surface area contributed by atoms with Crippen LogP contribution in [-0.2, 0) is 12.7 Å². The molecule has 11 heteroatoms. The molecule has 0 amide bonds. The second-order valence-electron chi connectivity index (χ2n) is 5.71. The van der Waals surface area contributed by atoms with Gasteiger partial charge in [0.1, 0.15) is 0 Å². The highest BCUT2D eigenvalue weighted by Crippen LogP contribution is 2.29. The third-order valence-electron chi connectivity index (χ3n) is 3.76. The first-order valence-electron chi connectivity index (χ1n) is 8.06. The van der Waals surface area contributed by atoms with Crippen LogP contribution in [0.2, 0.25) is 0 Å². The summed E-state index contributed by atoms with van der Waals surface area (Å²) in [4.78, 5) is 11.9. The minimum Gasteiger partial charge on any atom is -0.350 e. The first-order valence-corrected chi connectivity index (χ1v) is 8.06. The van der Waals surface area contributed by atoms with E-state index in [2.05, 4.69) is 40.1 Å². The highest BCUT2D eigenvalue weighted by Gasteiger charge is 2.38. The lowest BCUT2D eigenvalue weighted by Gasteiger charge is -2.06. The van der Waals surface area contributed by atoms with Crippen LogP contribution in [0.1, 0.15) is 11.5 Å². The van der Waals surface area contributed by atoms with Gasteiger partial charge in [-0.2, -0.15) is 23.3 Å². The number of aromatic amines is 1. The van der Waals surface area contributed by atoms with Crippen molar-refractivity contribution >= 4 is 5.95 Å². The van der Waals surface area contributed by atoms with Gasteiger partial charge in [0.15, 0.2) is 0 Å². The summed E-state index contributed by atoms with van der Waals surface area (Å²) in [7, 11) is 0. The molecule has 3 heterocycles. The lowest BCUT2D eigenvalue weighted by atomic mass is 10.1. The molecule has 0 fully saturated rings. The monoisotopic (exact) mass is 387 g/mol. The number of alkyl halides is 3. The number of anilines is 1. The van der Waals surface area contributed by atoms with E-state index in [0.29, 0.717) is 23.8 Å². The Morgan fingerprint density at radius 1 is 1.00 bits per heavy atom. The maximum Gasteiger partial charge on any atom is 0.471 e. The topological polar surface area (TPSA) is 105 Å². The van der Waals surface area contributed by atoms with Crippen LogP contribution in [0.25, 0.3) is 22.8 Å². The van der Waals surface area contributed by atoms with Crippen molar-refractivity contribution < 1.29 is 17.7 Å². The van der Waals surface area contributed by atoms with Gasteiger partial charge in [0, 0.05) is 24.5 Å². The third kappa shape index (κ3) is 3.82. The molecule has 3 aromatic heterocycles. The maximum atomic E-state index is 12.5. The molecule has 0 aliphatic carbocycles. The van der Waals surface area contributed by atoms with Gasteiger partial charge < -0.3 is 9.84 Å². The number of nitrogens with zero attached hydrogens (tertiary/aromatic N) is 5. The second kappa shape index (κ2) is 7.10. The standard InChI is InChI=1S/C17H12F3N7O/c18-17(19,20)15-25-14(27-28-15)11-3-1-10(2-4-11)9-22-16-21-7-5-12(24-16)13-6-8-23-26-13/h1-8H,9H2,(H,23,26)(H,21,22,24). The summed E-state index contributed by atoms with van der Waals surface area (Å²) < 4.78 is 41.9. The van der Waals surface area contributed by atoms with Crippen molar-refractivity contribution in [2.45, 2.75) is 12.7 Å². The van der Waals surface area contributed by atoms with Crippen LogP contribution in [0.4, 0.5) is 19.1 Å². The summed E-state index contributed by atoms with van der Waals surface area (Å²) in [6, 6.07) is 10.3. The number of hydrogen-bond acceptors (Lipinski definition) is 7. The number of nitrogens with one attached hydrogen (secondary N) is 2. The van der Waals surface area contributed by atoms with Crippen molar-refractivity contribution in [1.29, 1.82) is 0 Å². The number of aromatic nitrogens is 6. The predicted molar refractivity (Wildman–Crippen MR) is 91.7 cm³/mol. The van der Waals surface area contributed by atoms with Crippen molar-refractivity contribution in [2.24, 2.45) is 0 Å². The zero-order valence-electron chi connectivity index (χ0n) is 14.1. The molecule has 1 aromatic carbocycles. The summed E-state index contributed by atoms with van der Waals surface area (Å²) in [6.45, 7) is 0.423. The van der Waals surface area contributed by atoms with Crippen LogP contribution < -0.4 is 5.32 Å². The summed E-state index contributed by atoms with van der Waals surface area (Å²) in [5.74, 6) is -1.06. The van der Waals surface area contributed by atoms with Crippen molar-refractivity contribution in [1.82, 2.24) is 30.3 Å². The Balaban J connectivity index is 1.43. The minimum atomic E-state index is -4.67. The molecule has 142 valence electrons. The molecule has 0 spiro atoms. The van der Waals surface area contributed by atoms with Gasteiger partial charge in [-0.25, -0.2) is 9.97 Å². The number of rotatable bonds is 5. The summed E-state index contributed by atoms with van der Waals surface area (Å²) in [6.07, 6.45) is -1.41. The quantitative estimate of drug-likeness (QED) is 0.539. The van der Waals surface area contributed by atoms with Gasteiger partial charge in [-0.05, 0) is 17.7 Å². The fourth-order valence-corrected chi connectivity index (χ4v) is 2.40. The number of halogens is 3. The Labute approximate surface area is 155 Å². The van der Waals surface area contributed by atoms with Crippen molar-refractivity contribution in [3.63, 3.8) is 0 Å². The average Bonchev–Trinajstić information content (AvgIpc) is 3.39. The zero-order chi connectivity index (χ0) is 19.6. The van der Waals surface area contributed by atoms with E-state index < -0.39 is 12.1 Å². The van der Waals surface area contributed by atoms with Crippen molar-refractivity contribution in [3.8, 4) is 22.8 Å². The lowest BCUT2D eigenvalue weighted by molar-refractivity contribution is -0.159. The fourth-order valence-electron chi connectivity index (χ4n) is 2.40. The first-order chi connectivity index (χ1) is 13.5. The molecule has 0 aliphatic rings. The molecular weight excluding hydrogens is 375 g/mol. The van der Waals surface area contributed by atoms with Crippen molar-refractivity contribution in [2.75, 3.05) is 5.32 Å².